The van der Waals surface area contributed by atoms with E-state index >= 15 is 0 Å². The number of nitrogens with zero attached hydrogens (tertiary/aromatic N) is 2. The molecule has 8 heteroatoms. The zero-order valence-corrected chi connectivity index (χ0v) is 18.0. The van der Waals surface area contributed by atoms with Gasteiger partial charge in [0.25, 0.3) is 0 Å². The van der Waals surface area contributed by atoms with E-state index in [1.807, 2.05) is 44.2 Å². The van der Waals surface area contributed by atoms with Crippen LogP contribution in [-0.4, -0.2) is 50.9 Å². The first-order valence-corrected chi connectivity index (χ1v) is 10.9. The van der Waals surface area contributed by atoms with Crippen LogP contribution >= 0.6 is 0 Å². The molecule has 1 aromatic heterocycles. The number of hydrogen-bond acceptors (Lipinski definition) is 4. The molecule has 3 heterocycles. The molecule has 3 unspecified atom stereocenters. The van der Waals surface area contributed by atoms with Gasteiger partial charge in [0.05, 0.1) is 12.6 Å². The number of para-hydroxylation sites is 1. The third kappa shape index (κ3) is 3.28. The van der Waals surface area contributed by atoms with E-state index < -0.39 is 17.3 Å². The lowest BCUT2D eigenvalue weighted by molar-refractivity contribution is -0.991. The second-order valence-corrected chi connectivity index (χ2v) is 9.03. The van der Waals surface area contributed by atoms with Crippen molar-refractivity contribution in [3.63, 3.8) is 0 Å². The van der Waals surface area contributed by atoms with Gasteiger partial charge in [-0.25, -0.2) is 5.21 Å². The summed E-state index contributed by atoms with van der Waals surface area (Å²) in [5, 5.41) is 21.1. The summed E-state index contributed by atoms with van der Waals surface area (Å²) < 4.78 is 0. The van der Waals surface area contributed by atoms with Gasteiger partial charge in [-0.05, 0) is 23.1 Å². The summed E-state index contributed by atoms with van der Waals surface area (Å²) in [7, 11) is 0. The quantitative estimate of drug-likeness (QED) is 0.546. The Kier molecular flexibility index (Phi) is 5.00. The predicted octanol–water partition coefficient (Wildman–Crippen LogP) is 1.91. The number of benzene rings is 2. The van der Waals surface area contributed by atoms with E-state index in [0.717, 1.165) is 22.2 Å². The number of hydrogen-bond donors (Lipinski definition) is 3. The molecule has 0 radical (unpaired) electrons. The number of carbonyl (C=O) groups is 2. The van der Waals surface area contributed by atoms with Crippen molar-refractivity contribution in [1.29, 1.82) is 0 Å². The number of amides is 2. The van der Waals surface area contributed by atoms with E-state index in [9.17, 15) is 20.0 Å². The molecule has 32 heavy (non-hydrogen) atoms. The summed E-state index contributed by atoms with van der Waals surface area (Å²) >= 11 is 0. The Balaban J connectivity index is 1.69. The van der Waals surface area contributed by atoms with Crippen LogP contribution in [0.1, 0.15) is 36.7 Å². The number of nitrogens with one attached hydrogen (secondary N) is 2. The highest BCUT2D eigenvalue weighted by molar-refractivity contribution is 5.97. The summed E-state index contributed by atoms with van der Waals surface area (Å²) in [4.78, 5) is 33.7. The number of H-pyrrole nitrogens is 1. The predicted molar refractivity (Wildman–Crippen MR) is 118 cm³/mol. The summed E-state index contributed by atoms with van der Waals surface area (Å²) in [6.07, 6.45) is 0.438. The van der Waals surface area contributed by atoms with E-state index in [2.05, 4.69) is 4.98 Å². The molecule has 1 fully saturated rings. The maximum Gasteiger partial charge on any atom is 0.246 e. The molecule has 0 spiro atoms. The monoisotopic (exact) mass is 434 g/mol. The molecule has 2 amide bonds. The fourth-order valence-corrected chi connectivity index (χ4v) is 5.11. The van der Waals surface area contributed by atoms with Crippen molar-refractivity contribution in [1.82, 2.24) is 14.8 Å². The van der Waals surface area contributed by atoms with Crippen LogP contribution in [0.3, 0.4) is 0 Å². The highest BCUT2D eigenvalue weighted by Crippen LogP contribution is 2.42. The first-order chi connectivity index (χ1) is 15.3. The number of quaternary nitrogens is 1. The van der Waals surface area contributed by atoms with Gasteiger partial charge in [0.1, 0.15) is 6.04 Å². The third-order valence-corrected chi connectivity index (χ3v) is 6.38. The van der Waals surface area contributed by atoms with E-state index in [1.54, 1.807) is 21.9 Å². The summed E-state index contributed by atoms with van der Waals surface area (Å²) in [5.41, 5.74) is 3.64. The van der Waals surface area contributed by atoms with Gasteiger partial charge in [0, 0.05) is 41.7 Å². The van der Waals surface area contributed by atoms with Crippen molar-refractivity contribution in [2.45, 2.75) is 32.4 Å². The highest BCUT2D eigenvalue weighted by atomic mass is 16.8. The summed E-state index contributed by atoms with van der Waals surface area (Å²) in [6.45, 7) is 4.64. The topological polar surface area (TPSA) is 104 Å². The van der Waals surface area contributed by atoms with E-state index in [1.165, 1.54) is 6.07 Å². The van der Waals surface area contributed by atoms with Gasteiger partial charge in [0.15, 0.2) is 5.69 Å². The average Bonchev–Trinajstić information content (AvgIpc) is 3.14. The number of piperazine rings is 1. The molecular weight excluding hydrogens is 408 g/mol. The van der Waals surface area contributed by atoms with Crippen LogP contribution in [0.15, 0.2) is 48.5 Å². The Morgan fingerprint density at radius 3 is 2.72 bits per heavy atom. The zero-order chi connectivity index (χ0) is 22.6. The summed E-state index contributed by atoms with van der Waals surface area (Å²) in [6, 6.07) is 13.4. The average molecular weight is 434 g/mol. The number of aromatic amines is 1. The second kappa shape index (κ2) is 7.74. The Labute approximate surface area is 185 Å². The van der Waals surface area contributed by atoms with Gasteiger partial charge < -0.3 is 20.0 Å². The molecule has 166 valence electrons. The highest BCUT2D eigenvalue weighted by Gasteiger charge is 2.48. The largest absolute Gasteiger partial charge is 0.595 e. The normalized spacial score (nSPS) is 21.8. The van der Waals surface area contributed by atoms with Crippen LogP contribution in [0.5, 0.6) is 0 Å². The maximum absolute atomic E-state index is 13.5. The molecule has 3 aromatic rings. The first kappa shape index (κ1) is 20.7. The summed E-state index contributed by atoms with van der Waals surface area (Å²) in [5.74, 6) is 0.0903. The molecule has 0 aliphatic carbocycles. The zero-order valence-electron chi connectivity index (χ0n) is 18.0. The second-order valence-electron chi connectivity index (χ2n) is 9.03. The van der Waals surface area contributed by atoms with Crippen molar-refractivity contribution in [2.24, 2.45) is 5.92 Å². The lowest BCUT2D eigenvalue weighted by Gasteiger charge is -2.47. The Morgan fingerprint density at radius 2 is 1.97 bits per heavy atom. The van der Waals surface area contributed by atoms with E-state index in [0.29, 0.717) is 18.5 Å². The Morgan fingerprint density at radius 1 is 1.19 bits per heavy atom. The van der Waals surface area contributed by atoms with Crippen molar-refractivity contribution in [2.75, 3.05) is 13.1 Å². The van der Waals surface area contributed by atoms with Gasteiger partial charge in [0.2, 0.25) is 11.8 Å². The van der Waals surface area contributed by atoms with Crippen molar-refractivity contribution < 1.29 is 20.0 Å². The van der Waals surface area contributed by atoms with E-state index in [-0.39, 0.29) is 30.0 Å². The fraction of sp³-hybridized carbons (Fsp3) is 0.333. The van der Waals surface area contributed by atoms with Crippen LogP contribution in [0.25, 0.3) is 10.9 Å². The third-order valence-electron chi connectivity index (χ3n) is 6.38. The van der Waals surface area contributed by atoms with Gasteiger partial charge in [-0.3, -0.25) is 9.59 Å². The number of carbonyl (C=O) groups excluding carboxylic acids is 2. The number of rotatable bonds is 4. The van der Waals surface area contributed by atoms with E-state index in [4.69, 9.17) is 0 Å². The van der Waals surface area contributed by atoms with Crippen molar-refractivity contribution >= 4 is 28.4 Å². The van der Waals surface area contributed by atoms with Gasteiger partial charge in [-0.2, -0.15) is 5.23 Å². The molecule has 3 atom stereocenters. The maximum atomic E-state index is 13.5. The van der Waals surface area contributed by atoms with Crippen LogP contribution < -0.4 is 5.23 Å². The molecular formula is C24H26N4O4. The van der Waals surface area contributed by atoms with Gasteiger partial charge >= 0.3 is 0 Å². The lowest BCUT2D eigenvalue weighted by Crippen LogP contribution is -2.99. The van der Waals surface area contributed by atoms with Crippen molar-refractivity contribution in [3.05, 3.63) is 70.6 Å². The number of fused-ring (bicyclic) bond motifs is 4. The molecule has 8 nitrogen and oxygen atoms in total. The van der Waals surface area contributed by atoms with Crippen LogP contribution in [-0.2, 0) is 16.0 Å². The van der Waals surface area contributed by atoms with Gasteiger partial charge in [-0.1, -0.05) is 44.2 Å². The molecule has 3 N–H and O–H groups in total. The minimum absolute atomic E-state index is 0.0399. The van der Waals surface area contributed by atoms with Gasteiger partial charge in [-0.15, -0.1) is 0 Å². The molecule has 5 rings (SSSR count). The SMILES string of the molecule is CC(C)CN1CC(=O)N2C(Cc3c([nH]c4ccccc34)C2c2cccc([NH+]([O-])O)c2)C1=O. The van der Waals surface area contributed by atoms with Crippen LogP contribution in [0.2, 0.25) is 0 Å². The Hall–Kier alpha value is -3.20. The molecule has 2 aliphatic rings. The minimum Gasteiger partial charge on any atom is -0.595 e. The fourth-order valence-electron chi connectivity index (χ4n) is 5.11. The standard InChI is InChI=1S/C24H26N4O4/c1-14(2)12-26-13-21(29)27-20(24(26)30)11-18-17-8-3-4-9-19(17)25-22(18)23(27)15-6-5-7-16(10-15)28(31)32/h3-10,14,20,23,25,28,31H,11-13H2,1-2H3. The lowest BCUT2D eigenvalue weighted by atomic mass is 9.86. The molecule has 2 aliphatic heterocycles. The smallest absolute Gasteiger partial charge is 0.246 e. The molecule has 0 saturated carbocycles. The Bertz CT molecular complexity index is 1200. The number of aromatic nitrogens is 1. The minimum atomic E-state index is -1.03. The molecule has 0 bridgehead atoms. The van der Waals surface area contributed by atoms with Crippen LogP contribution in [0, 0.1) is 11.1 Å². The first-order valence-electron chi connectivity index (χ1n) is 10.9. The molecule has 1 saturated heterocycles. The van der Waals surface area contributed by atoms with Crippen molar-refractivity contribution in [3.8, 4) is 0 Å². The molecule has 2 aromatic carbocycles. The van der Waals surface area contributed by atoms with Crippen LogP contribution in [0.4, 0.5) is 5.69 Å².